The van der Waals surface area contributed by atoms with E-state index < -0.39 is 17.7 Å². The fraction of sp³-hybridized carbons (Fsp3) is 0.378. The lowest BCUT2D eigenvalue weighted by Gasteiger charge is -2.29. The zero-order valence-electron chi connectivity index (χ0n) is 28.8. The van der Waals surface area contributed by atoms with E-state index in [4.69, 9.17) is 4.74 Å². The molecule has 13 nitrogen and oxygen atoms in total. The smallest absolute Gasteiger partial charge is 0.407 e. The van der Waals surface area contributed by atoms with Gasteiger partial charge in [0.15, 0.2) is 0 Å². The second-order valence-corrected chi connectivity index (χ2v) is 13.9. The van der Waals surface area contributed by atoms with Crippen LogP contribution in [0.5, 0.6) is 0 Å². The average molecular weight is 678 g/mol. The number of aromatic nitrogens is 6. The molecule has 2 aromatic heterocycles. The zero-order chi connectivity index (χ0) is 35.3. The summed E-state index contributed by atoms with van der Waals surface area (Å²) in [5.74, 6) is 0.0352. The molecule has 0 spiro atoms. The van der Waals surface area contributed by atoms with Gasteiger partial charge in [-0.2, -0.15) is 5.21 Å². The molecule has 1 aliphatic rings. The van der Waals surface area contributed by atoms with Crippen LogP contribution in [-0.4, -0.2) is 66.3 Å². The van der Waals surface area contributed by atoms with Crippen molar-refractivity contribution in [3.05, 3.63) is 78.6 Å². The summed E-state index contributed by atoms with van der Waals surface area (Å²) < 4.78 is 7.33. The number of fused-ring (bicyclic) bond motifs is 1. The number of carbonyl (C=O) groups is 3. The predicted molar refractivity (Wildman–Crippen MR) is 190 cm³/mol. The number of aryl methyl sites for hydroxylation is 1. The summed E-state index contributed by atoms with van der Waals surface area (Å²) in [6.07, 6.45) is 4.62. The van der Waals surface area contributed by atoms with Crippen LogP contribution in [0.1, 0.15) is 52.0 Å². The second-order valence-electron chi connectivity index (χ2n) is 13.9. The minimum absolute atomic E-state index is 0.142. The Hall–Kier alpha value is -5.59. The Morgan fingerprint density at radius 3 is 2.32 bits per heavy atom. The summed E-state index contributed by atoms with van der Waals surface area (Å²) in [6.45, 7) is 6.00. The highest BCUT2D eigenvalue weighted by Crippen LogP contribution is 2.29. The highest BCUT2D eigenvalue weighted by Gasteiger charge is 2.30. The maximum absolute atomic E-state index is 13.7. The third-order valence-corrected chi connectivity index (χ3v) is 8.99. The van der Waals surface area contributed by atoms with Gasteiger partial charge in [0.25, 0.3) is 0 Å². The average Bonchev–Trinajstić information content (AvgIpc) is 3.77. The van der Waals surface area contributed by atoms with E-state index in [1.165, 1.54) is 0 Å². The Kier molecular flexibility index (Phi) is 10.2. The largest absolute Gasteiger partial charge is 0.444 e. The maximum atomic E-state index is 13.7. The lowest BCUT2D eigenvalue weighted by Crippen LogP contribution is -2.48. The van der Waals surface area contributed by atoms with Crippen molar-refractivity contribution in [1.82, 2.24) is 40.8 Å². The Bertz CT molecular complexity index is 1920. The van der Waals surface area contributed by atoms with Gasteiger partial charge in [-0.3, -0.25) is 9.59 Å². The number of nitrogens with one attached hydrogen (secondary N) is 4. The van der Waals surface area contributed by atoms with E-state index in [1.807, 2.05) is 56.7 Å². The Labute approximate surface area is 290 Å². The van der Waals surface area contributed by atoms with Crippen LogP contribution in [0, 0.1) is 11.8 Å². The van der Waals surface area contributed by atoms with Crippen molar-refractivity contribution in [2.24, 2.45) is 18.9 Å². The molecular formula is C37H43N9O4. The number of alkyl carbamates (subject to hydrolysis) is 1. The predicted octanol–water partition coefficient (Wildman–Crippen LogP) is 5.42. The van der Waals surface area contributed by atoms with Gasteiger partial charge in [-0.05, 0) is 111 Å². The molecule has 1 aliphatic carbocycles. The maximum Gasteiger partial charge on any atom is 0.407 e. The Morgan fingerprint density at radius 2 is 1.64 bits per heavy atom. The molecule has 1 atom stereocenters. The summed E-state index contributed by atoms with van der Waals surface area (Å²) in [6, 6.07) is 20.6. The van der Waals surface area contributed by atoms with Crippen molar-refractivity contribution in [2.45, 2.75) is 64.5 Å². The number of rotatable bonds is 10. The summed E-state index contributed by atoms with van der Waals surface area (Å²) in [4.78, 5) is 43.9. The zero-order valence-corrected chi connectivity index (χ0v) is 28.8. The molecule has 50 heavy (non-hydrogen) atoms. The van der Waals surface area contributed by atoms with Gasteiger partial charge in [0.2, 0.25) is 17.6 Å². The quantitative estimate of drug-likeness (QED) is 0.152. The van der Waals surface area contributed by atoms with Gasteiger partial charge >= 0.3 is 6.09 Å². The first-order valence-electron chi connectivity index (χ1n) is 16.9. The SMILES string of the molecule is Cn1cnc2cc(-c3ccc(C[C@H](NC(=O)C4CCC(CNC(=O)OC(C)(C)C)CC4)C(=O)Nc4ccc(-c5nn[nH]n5)cc4)cc3)ccc21. The first kappa shape index (κ1) is 34.3. The van der Waals surface area contributed by atoms with Crippen molar-refractivity contribution in [2.75, 3.05) is 11.9 Å². The number of anilines is 1. The molecule has 1 fully saturated rings. The molecule has 3 amide bonds. The number of H-pyrrole nitrogens is 1. The summed E-state index contributed by atoms with van der Waals surface area (Å²) in [5, 5.41) is 22.9. The molecular weight excluding hydrogens is 634 g/mol. The standard InChI is InChI=1S/C37H43N9O4/c1-37(2,3)50-36(49)38-21-24-7-11-27(12-8-24)34(47)41-31(35(48)40-29-16-13-26(14-17-29)33-42-44-45-43-33)19-23-5-9-25(10-6-23)28-15-18-32-30(20-28)39-22-46(32)4/h5-6,9-10,13-18,20,22,24,27,31H,7-8,11-12,19,21H2,1-4H3,(H,38,49)(H,40,48)(H,41,47)(H,42,43,44,45)/t24?,27?,31-/m0/s1. The van der Waals surface area contributed by atoms with Gasteiger partial charge in [-0.15, -0.1) is 10.2 Å². The number of nitrogens with zero attached hydrogens (tertiary/aromatic N) is 5. The lowest BCUT2D eigenvalue weighted by atomic mass is 9.81. The highest BCUT2D eigenvalue weighted by molar-refractivity contribution is 5.97. The van der Waals surface area contributed by atoms with Gasteiger partial charge in [0.1, 0.15) is 11.6 Å². The Morgan fingerprint density at radius 1 is 0.940 bits per heavy atom. The fourth-order valence-corrected chi connectivity index (χ4v) is 6.27. The number of tetrazole rings is 1. The number of hydrogen-bond donors (Lipinski definition) is 4. The lowest BCUT2D eigenvalue weighted by molar-refractivity contribution is -0.130. The number of hydrogen-bond acceptors (Lipinski definition) is 8. The van der Waals surface area contributed by atoms with Crippen molar-refractivity contribution >= 4 is 34.6 Å². The third-order valence-electron chi connectivity index (χ3n) is 8.99. The number of ether oxygens (including phenoxy) is 1. The minimum Gasteiger partial charge on any atom is -0.444 e. The second kappa shape index (κ2) is 14.9. The van der Waals surface area contributed by atoms with Crippen LogP contribution in [-0.2, 0) is 27.8 Å². The van der Waals surface area contributed by atoms with Gasteiger partial charge < -0.3 is 25.3 Å². The van der Waals surface area contributed by atoms with Gasteiger partial charge in [-0.1, -0.05) is 30.3 Å². The highest BCUT2D eigenvalue weighted by atomic mass is 16.6. The molecule has 0 bridgehead atoms. The van der Waals surface area contributed by atoms with Crippen LogP contribution >= 0.6 is 0 Å². The monoisotopic (exact) mass is 677 g/mol. The van der Waals surface area contributed by atoms with Crippen LogP contribution in [0.2, 0.25) is 0 Å². The normalized spacial score (nSPS) is 16.8. The van der Waals surface area contributed by atoms with Crippen molar-refractivity contribution in [3.8, 4) is 22.5 Å². The van der Waals surface area contributed by atoms with Crippen molar-refractivity contribution in [1.29, 1.82) is 0 Å². The fourth-order valence-electron chi connectivity index (χ4n) is 6.27. The van der Waals surface area contributed by atoms with E-state index in [0.717, 1.165) is 46.1 Å². The molecule has 0 unspecified atom stereocenters. The van der Waals surface area contributed by atoms with Crippen LogP contribution in [0.4, 0.5) is 10.5 Å². The van der Waals surface area contributed by atoms with Gasteiger partial charge in [0.05, 0.1) is 17.4 Å². The molecule has 0 radical (unpaired) electrons. The molecule has 260 valence electrons. The van der Waals surface area contributed by atoms with E-state index in [-0.39, 0.29) is 23.7 Å². The molecule has 3 aromatic carbocycles. The van der Waals surface area contributed by atoms with E-state index in [2.05, 4.69) is 59.8 Å². The number of aromatic amines is 1. The topological polar surface area (TPSA) is 169 Å². The van der Waals surface area contributed by atoms with E-state index in [1.54, 1.807) is 30.6 Å². The van der Waals surface area contributed by atoms with Crippen LogP contribution in [0.15, 0.2) is 73.1 Å². The molecule has 0 saturated heterocycles. The van der Waals surface area contributed by atoms with Crippen LogP contribution in [0.25, 0.3) is 33.5 Å². The molecule has 2 heterocycles. The van der Waals surface area contributed by atoms with E-state index in [9.17, 15) is 14.4 Å². The number of imidazole rings is 1. The van der Waals surface area contributed by atoms with Crippen LogP contribution in [0.3, 0.4) is 0 Å². The number of amides is 3. The van der Waals surface area contributed by atoms with Crippen LogP contribution < -0.4 is 16.0 Å². The summed E-state index contributed by atoms with van der Waals surface area (Å²) >= 11 is 0. The van der Waals surface area contributed by atoms with Crippen molar-refractivity contribution in [3.63, 3.8) is 0 Å². The molecule has 5 aromatic rings. The van der Waals surface area contributed by atoms with Crippen molar-refractivity contribution < 1.29 is 19.1 Å². The third kappa shape index (κ3) is 8.70. The van der Waals surface area contributed by atoms with E-state index >= 15 is 0 Å². The first-order chi connectivity index (χ1) is 24.0. The molecule has 6 rings (SSSR count). The minimum atomic E-state index is -0.804. The number of carbonyl (C=O) groups excluding carboxylic acids is 3. The molecule has 0 aliphatic heterocycles. The van der Waals surface area contributed by atoms with E-state index in [0.29, 0.717) is 37.3 Å². The summed E-state index contributed by atoms with van der Waals surface area (Å²) in [5.41, 5.74) is 5.76. The molecule has 1 saturated carbocycles. The van der Waals surface area contributed by atoms with Gasteiger partial charge in [-0.25, -0.2) is 9.78 Å². The number of benzene rings is 3. The molecule has 13 heteroatoms. The summed E-state index contributed by atoms with van der Waals surface area (Å²) in [7, 11) is 1.97. The Balaban J connectivity index is 1.11. The first-order valence-corrected chi connectivity index (χ1v) is 16.9. The molecule has 4 N–H and O–H groups in total. The van der Waals surface area contributed by atoms with Gasteiger partial charge in [0, 0.05) is 37.2 Å².